The van der Waals surface area contributed by atoms with Crippen LogP contribution in [0.4, 0.5) is 0 Å². The third kappa shape index (κ3) is 2.22. The summed E-state index contributed by atoms with van der Waals surface area (Å²) < 4.78 is 0. The van der Waals surface area contributed by atoms with Gasteiger partial charge in [-0.25, -0.2) is 0 Å². The van der Waals surface area contributed by atoms with Gasteiger partial charge in [0.1, 0.15) is 5.69 Å². The van der Waals surface area contributed by atoms with Crippen LogP contribution in [-0.4, -0.2) is 9.97 Å². The lowest BCUT2D eigenvalue weighted by molar-refractivity contribution is 0.686. The van der Waals surface area contributed by atoms with E-state index in [1.54, 1.807) is 6.20 Å². The van der Waals surface area contributed by atoms with Crippen molar-refractivity contribution in [2.75, 3.05) is 0 Å². The van der Waals surface area contributed by atoms with E-state index in [-0.39, 0.29) is 11.5 Å². The molecule has 1 N–H and O–H groups in total. The third-order valence-electron chi connectivity index (χ3n) is 2.52. The number of nitrogens with one attached hydrogen (secondary N) is 1. The maximum atomic E-state index is 11.6. The number of H-pyrrole nitrogens is 1. The first kappa shape index (κ1) is 11.0. The van der Waals surface area contributed by atoms with Crippen LogP contribution in [0.25, 0.3) is 0 Å². The average Bonchev–Trinajstić information content (AvgIpc) is 2.15. The maximum Gasteiger partial charge on any atom is 0.270 e. The molecule has 0 fully saturated rings. The van der Waals surface area contributed by atoms with E-state index < -0.39 is 0 Å². The zero-order valence-corrected chi connectivity index (χ0v) is 9.29. The summed E-state index contributed by atoms with van der Waals surface area (Å²) in [4.78, 5) is 18.7. The molecule has 0 bridgehead atoms. The number of hydrogen-bond acceptors (Lipinski definition) is 2. The molecule has 0 aromatic carbocycles. The molecule has 14 heavy (non-hydrogen) atoms. The minimum Gasteiger partial charge on any atom is -0.323 e. The van der Waals surface area contributed by atoms with Crippen LogP contribution in [0.3, 0.4) is 0 Å². The van der Waals surface area contributed by atoms with Crippen LogP contribution in [0.15, 0.2) is 11.0 Å². The molecule has 1 rings (SSSR count). The largest absolute Gasteiger partial charge is 0.323 e. The Morgan fingerprint density at radius 1 is 1.43 bits per heavy atom. The molecule has 1 aromatic rings. The van der Waals surface area contributed by atoms with Gasteiger partial charge in [-0.15, -0.1) is 0 Å². The van der Waals surface area contributed by atoms with Crippen LogP contribution in [-0.2, 0) is 0 Å². The molecule has 0 saturated heterocycles. The molecule has 3 nitrogen and oxygen atoms in total. The Kier molecular flexibility index (Phi) is 3.44. The maximum absolute atomic E-state index is 11.6. The molecule has 0 amide bonds. The highest BCUT2D eigenvalue weighted by Gasteiger charge is 2.09. The van der Waals surface area contributed by atoms with Gasteiger partial charge in [-0.05, 0) is 12.3 Å². The second-order valence-corrected chi connectivity index (χ2v) is 4.02. The summed E-state index contributed by atoms with van der Waals surface area (Å²) in [5.74, 6) is 0.557. The van der Waals surface area contributed by atoms with Crippen LogP contribution < -0.4 is 5.56 Å². The summed E-state index contributed by atoms with van der Waals surface area (Å²) in [5.41, 5.74) is 1.51. The first-order chi connectivity index (χ1) is 6.56. The lowest BCUT2D eigenvalue weighted by atomic mass is 10.1. The normalized spacial score (nSPS) is 13.2. The van der Waals surface area contributed by atoms with E-state index in [0.29, 0.717) is 11.6 Å². The predicted octanol–water partition coefficient (Wildman–Crippen LogP) is 2.41. The van der Waals surface area contributed by atoms with Crippen molar-refractivity contribution in [3.63, 3.8) is 0 Å². The molecule has 1 unspecified atom stereocenters. The molecular weight excluding hydrogens is 176 g/mol. The van der Waals surface area contributed by atoms with Gasteiger partial charge in [-0.3, -0.25) is 9.78 Å². The van der Waals surface area contributed by atoms with Gasteiger partial charge in [0.15, 0.2) is 0 Å². The van der Waals surface area contributed by atoms with E-state index in [1.807, 2.05) is 13.8 Å². The minimum absolute atomic E-state index is 0.0437. The van der Waals surface area contributed by atoms with Gasteiger partial charge < -0.3 is 4.98 Å². The van der Waals surface area contributed by atoms with E-state index >= 15 is 0 Å². The Hall–Kier alpha value is -1.12. The molecule has 1 atom stereocenters. The standard InChI is InChI=1S/C11H18N2O/c1-5-8(4)9-6-12-10(7(2)3)11(14)13-9/h6-8H,5H2,1-4H3,(H,13,14). The minimum atomic E-state index is -0.0437. The van der Waals surface area contributed by atoms with Gasteiger partial charge in [-0.2, -0.15) is 0 Å². The fraction of sp³-hybridized carbons (Fsp3) is 0.636. The van der Waals surface area contributed by atoms with Crippen molar-refractivity contribution in [1.82, 2.24) is 9.97 Å². The SMILES string of the molecule is CCC(C)c1cnc(C(C)C)c(=O)[nH]1. The smallest absolute Gasteiger partial charge is 0.270 e. The van der Waals surface area contributed by atoms with Crippen LogP contribution in [0.5, 0.6) is 0 Å². The zero-order chi connectivity index (χ0) is 10.7. The van der Waals surface area contributed by atoms with Crippen molar-refractivity contribution in [3.8, 4) is 0 Å². The summed E-state index contributed by atoms with van der Waals surface area (Å²) in [7, 11) is 0. The highest BCUT2D eigenvalue weighted by molar-refractivity contribution is 5.09. The molecule has 0 aliphatic carbocycles. The number of hydrogen-bond donors (Lipinski definition) is 1. The number of aromatic amines is 1. The molecule has 0 aliphatic heterocycles. The Balaban J connectivity index is 3.07. The molecule has 3 heteroatoms. The Bertz CT molecular complexity index is 355. The summed E-state index contributed by atoms with van der Waals surface area (Å²) in [6.07, 6.45) is 2.80. The molecule has 0 aliphatic rings. The number of rotatable bonds is 3. The topological polar surface area (TPSA) is 45.8 Å². The molecular formula is C11H18N2O. The first-order valence-electron chi connectivity index (χ1n) is 5.15. The van der Waals surface area contributed by atoms with Crippen LogP contribution in [0.1, 0.15) is 57.3 Å². The molecule has 1 aromatic heterocycles. The van der Waals surface area contributed by atoms with E-state index in [2.05, 4.69) is 23.8 Å². The van der Waals surface area contributed by atoms with Crippen LogP contribution in [0, 0.1) is 0 Å². The van der Waals surface area contributed by atoms with Crippen molar-refractivity contribution >= 4 is 0 Å². The number of nitrogens with zero attached hydrogens (tertiary/aromatic N) is 1. The molecule has 0 spiro atoms. The Morgan fingerprint density at radius 2 is 2.07 bits per heavy atom. The van der Waals surface area contributed by atoms with Crippen molar-refractivity contribution in [1.29, 1.82) is 0 Å². The van der Waals surface area contributed by atoms with Crippen LogP contribution >= 0.6 is 0 Å². The fourth-order valence-electron chi connectivity index (χ4n) is 1.31. The molecule has 0 saturated carbocycles. The number of aromatic nitrogens is 2. The third-order valence-corrected chi connectivity index (χ3v) is 2.52. The Morgan fingerprint density at radius 3 is 2.50 bits per heavy atom. The van der Waals surface area contributed by atoms with Gasteiger partial charge in [0.2, 0.25) is 0 Å². The quantitative estimate of drug-likeness (QED) is 0.803. The van der Waals surface area contributed by atoms with Gasteiger partial charge in [0, 0.05) is 17.8 Å². The van der Waals surface area contributed by atoms with Gasteiger partial charge >= 0.3 is 0 Å². The van der Waals surface area contributed by atoms with E-state index in [1.165, 1.54) is 0 Å². The highest BCUT2D eigenvalue weighted by atomic mass is 16.1. The first-order valence-corrected chi connectivity index (χ1v) is 5.15. The van der Waals surface area contributed by atoms with Crippen LogP contribution in [0.2, 0.25) is 0 Å². The van der Waals surface area contributed by atoms with Crippen molar-refractivity contribution in [2.45, 2.75) is 46.0 Å². The average molecular weight is 194 g/mol. The van der Waals surface area contributed by atoms with Crippen molar-refractivity contribution in [3.05, 3.63) is 27.9 Å². The van der Waals surface area contributed by atoms with E-state index in [0.717, 1.165) is 12.1 Å². The summed E-state index contributed by atoms with van der Waals surface area (Å²) in [5, 5.41) is 0. The van der Waals surface area contributed by atoms with E-state index in [4.69, 9.17) is 0 Å². The molecule has 1 heterocycles. The molecule has 0 radical (unpaired) electrons. The summed E-state index contributed by atoms with van der Waals surface area (Å²) in [6.45, 7) is 8.13. The summed E-state index contributed by atoms with van der Waals surface area (Å²) >= 11 is 0. The molecule has 78 valence electrons. The van der Waals surface area contributed by atoms with Crippen molar-refractivity contribution in [2.24, 2.45) is 0 Å². The predicted molar refractivity (Wildman–Crippen MR) is 57.7 cm³/mol. The van der Waals surface area contributed by atoms with Gasteiger partial charge in [-0.1, -0.05) is 27.7 Å². The lowest BCUT2D eigenvalue weighted by Gasteiger charge is -2.09. The summed E-state index contributed by atoms with van der Waals surface area (Å²) in [6, 6.07) is 0. The second-order valence-electron chi connectivity index (χ2n) is 4.02. The van der Waals surface area contributed by atoms with Gasteiger partial charge in [0.05, 0.1) is 0 Å². The Labute approximate surface area is 84.6 Å². The monoisotopic (exact) mass is 194 g/mol. The van der Waals surface area contributed by atoms with E-state index in [9.17, 15) is 4.79 Å². The lowest BCUT2D eigenvalue weighted by Crippen LogP contribution is -2.18. The van der Waals surface area contributed by atoms with Gasteiger partial charge in [0.25, 0.3) is 5.56 Å². The second kappa shape index (κ2) is 4.40. The van der Waals surface area contributed by atoms with Crippen molar-refractivity contribution < 1.29 is 0 Å². The zero-order valence-electron chi connectivity index (χ0n) is 9.29. The fourth-order valence-corrected chi connectivity index (χ4v) is 1.31. The highest BCUT2D eigenvalue weighted by Crippen LogP contribution is 2.14.